The van der Waals surface area contributed by atoms with Gasteiger partial charge in [-0.1, -0.05) is 30.3 Å². The van der Waals surface area contributed by atoms with Gasteiger partial charge in [0, 0.05) is 31.7 Å². The van der Waals surface area contributed by atoms with E-state index in [0.29, 0.717) is 37.4 Å². The zero-order chi connectivity index (χ0) is 18.5. The van der Waals surface area contributed by atoms with E-state index in [1.165, 1.54) is 6.07 Å². The fraction of sp³-hybridized carbons (Fsp3) is 0.300. The molecule has 0 spiro atoms. The third-order valence-electron chi connectivity index (χ3n) is 4.54. The summed E-state index contributed by atoms with van der Waals surface area (Å²) < 4.78 is 13.9. The van der Waals surface area contributed by atoms with Gasteiger partial charge in [0.15, 0.2) is 0 Å². The molecule has 0 radical (unpaired) electrons. The maximum Gasteiger partial charge on any atom is 0.251 e. The van der Waals surface area contributed by atoms with Crippen LogP contribution in [0.4, 0.5) is 10.1 Å². The fourth-order valence-corrected chi connectivity index (χ4v) is 3.08. The van der Waals surface area contributed by atoms with Gasteiger partial charge in [0.2, 0.25) is 5.91 Å². The molecule has 1 atom stereocenters. The minimum atomic E-state index is -0.609. The third kappa shape index (κ3) is 4.02. The average molecular weight is 355 g/mol. The molecule has 0 saturated carbocycles. The highest BCUT2D eigenvalue weighted by molar-refractivity contribution is 5.97. The van der Waals surface area contributed by atoms with E-state index in [0.717, 1.165) is 0 Å². The number of hydrogen-bond acceptors (Lipinski definition) is 3. The van der Waals surface area contributed by atoms with E-state index < -0.39 is 6.04 Å². The lowest BCUT2D eigenvalue weighted by Crippen LogP contribution is -2.54. The predicted octanol–water partition coefficient (Wildman–Crippen LogP) is 2.29. The van der Waals surface area contributed by atoms with Crippen LogP contribution < -0.4 is 10.2 Å². The molecule has 2 amide bonds. The number of carbonyl (C=O) groups is 2. The Labute approximate surface area is 152 Å². The van der Waals surface area contributed by atoms with Crippen molar-refractivity contribution in [2.75, 3.05) is 31.1 Å². The van der Waals surface area contributed by atoms with E-state index >= 15 is 0 Å². The van der Waals surface area contributed by atoms with E-state index in [4.69, 9.17) is 0 Å². The Hall–Kier alpha value is -2.89. The zero-order valence-corrected chi connectivity index (χ0v) is 14.7. The topological polar surface area (TPSA) is 52.7 Å². The molecule has 1 unspecified atom stereocenters. The van der Waals surface area contributed by atoms with Crippen molar-refractivity contribution in [1.82, 2.24) is 10.2 Å². The lowest BCUT2D eigenvalue weighted by molar-refractivity contribution is -0.133. The molecule has 26 heavy (non-hydrogen) atoms. The smallest absolute Gasteiger partial charge is 0.251 e. The second kappa shape index (κ2) is 7.99. The largest absolute Gasteiger partial charge is 0.366 e. The molecule has 5 nitrogen and oxygen atoms in total. The third-order valence-corrected chi connectivity index (χ3v) is 4.54. The van der Waals surface area contributed by atoms with Crippen LogP contribution in [-0.2, 0) is 4.79 Å². The molecule has 2 aromatic carbocycles. The number of rotatable bonds is 4. The van der Waals surface area contributed by atoms with Crippen LogP contribution in [-0.4, -0.2) is 48.9 Å². The Morgan fingerprint density at radius 1 is 0.962 bits per heavy atom. The highest BCUT2D eigenvalue weighted by Gasteiger charge is 2.26. The summed E-state index contributed by atoms with van der Waals surface area (Å²) in [4.78, 5) is 28.4. The molecule has 0 aliphatic carbocycles. The van der Waals surface area contributed by atoms with E-state index in [2.05, 4.69) is 5.32 Å². The number of carbonyl (C=O) groups excluding carboxylic acids is 2. The molecular formula is C20H22FN3O2. The molecule has 0 aromatic heterocycles. The fourth-order valence-electron chi connectivity index (χ4n) is 3.08. The van der Waals surface area contributed by atoms with Gasteiger partial charge in [-0.3, -0.25) is 9.59 Å². The van der Waals surface area contributed by atoms with Crippen molar-refractivity contribution >= 4 is 17.5 Å². The lowest BCUT2D eigenvalue weighted by atomic mass is 10.2. The number of nitrogens with one attached hydrogen (secondary N) is 1. The van der Waals surface area contributed by atoms with Crippen molar-refractivity contribution in [2.45, 2.75) is 13.0 Å². The number of para-hydroxylation sites is 1. The molecule has 1 fully saturated rings. The summed E-state index contributed by atoms with van der Waals surface area (Å²) in [7, 11) is 0. The van der Waals surface area contributed by atoms with E-state index in [-0.39, 0.29) is 17.6 Å². The molecular weight excluding hydrogens is 333 g/mol. The van der Waals surface area contributed by atoms with E-state index in [1.807, 2.05) is 11.0 Å². The molecule has 3 rings (SSSR count). The van der Waals surface area contributed by atoms with Gasteiger partial charge < -0.3 is 15.1 Å². The predicted molar refractivity (Wildman–Crippen MR) is 98.6 cm³/mol. The maximum atomic E-state index is 13.9. The number of piperazine rings is 1. The van der Waals surface area contributed by atoms with Crippen LogP contribution in [0.3, 0.4) is 0 Å². The van der Waals surface area contributed by atoms with Crippen molar-refractivity contribution < 1.29 is 14.0 Å². The van der Waals surface area contributed by atoms with Crippen LogP contribution in [0, 0.1) is 5.82 Å². The summed E-state index contributed by atoms with van der Waals surface area (Å²) in [6.07, 6.45) is 0. The number of nitrogens with zero attached hydrogens (tertiary/aromatic N) is 2. The van der Waals surface area contributed by atoms with Gasteiger partial charge in [-0.15, -0.1) is 0 Å². The Morgan fingerprint density at radius 3 is 2.23 bits per heavy atom. The van der Waals surface area contributed by atoms with Gasteiger partial charge in [-0.2, -0.15) is 0 Å². The van der Waals surface area contributed by atoms with Gasteiger partial charge in [-0.05, 0) is 31.2 Å². The summed E-state index contributed by atoms with van der Waals surface area (Å²) in [5.41, 5.74) is 1.08. The molecule has 6 heteroatoms. The molecule has 0 bridgehead atoms. The van der Waals surface area contributed by atoms with Crippen LogP contribution in [0.15, 0.2) is 54.6 Å². The summed E-state index contributed by atoms with van der Waals surface area (Å²) in [5.74, 6) is -0.644. The molecule has 1 heterocycles. The minimum absolute atomic E-state index is 0.123. The number of benzene rings is 2. The second-order valence-electron chi connectivity index (χ2n) is 6.32. The second-order valence-corrected chi connectivity index (χ2v) is 6.32. The Kier molecular flexibility index (Phi) is 5.51. The van der Waals surface area contributed by atoms with Crippen LogP contribution in [0.2, 0.25) is 0 Å². The highest BCUT2D eigenvalue weighted by Crippen LogP contribution is 2.20. The van der Waals surface area contributed by atoms with Crippen LogP contribution in [0.25, 0.3) is 0 Å². The average Bonchev–Trinajstić information content (AvgIpc) is 2.68. The van der Waals surface area contributed by atoms with Crippen LogP contribution in [0.5, 0.6) is 0 Å². The Bertz CT molecular complexity index is 774. The first kappa shape index (κ1) is 17.9. The summed E-state index contributed by atoms with van der Waals surface area (Å²) in [5, 5.41) is 2.74. The molecule has 1 saturated heterocycles. The van der Waals surface area contributed by atoms with Gasteiger partial charge >= 0.3 is 0 Å². The van der Waals surface area contributed by atoms with E-state index in [9.17, 15) is 14.0 Å². The first-order valence-electron chi connectivity index (χ1n) is 8.70. The van der Waals surface area contributed by atoms with Crippen molar-refractivity contribution in [3.8, 4) is 0 Å². The Morgan fingerprint density at radius 2 is 1.58 bits per heavy atom. The lowest BCUT2D eigenvalue weighted by Gasteiger charge is -2.37. The minimum Gasteiger partial charge on any atom is -0.366 e. The number of hydrogen-bond donors (Lipinski definition) is 1. The maximum absolute atomic E-state index is 13.9. The van der Waals surface area contributed by atoms with Crippen molar-refractivity contribution in [2.24, 2.45) is 0 Å². The number of halogens is 1. The molecule has 1 aliphatic heterocycles. The summed E-state index contributed by atoms with van der Waals surface area (Å²) in [6.45, 7) is 3.81. The summed E-state index contributed by atoms with van der Waals surface area (Å²) >= 11 is 0. The molecule has 1 N–H and O–H groups in total. The first-order chi connectivity index (χ1) is 12.6. The SMILES string of the molecule is CC(NC(=O)c1ccccc1)C(=O)N1CCN(c2ccccc2F)CC1. The standard InChI is InChI=1S/C20H22FN3O2/c1-15(22-19(25)16-7-3-2-4-8-16)20(26)24-13-11-23(12-14-24)18-10-6-5-9-17(18)21/h2-10,15H,11-14H2,1H3,(H,22,25). The van der Waals surface area contributed by atoms with Gasteiger partial charge in [0.25, 0.3) is 5.91 Å². The summed E-state index contributed by atoms with van der Waals surface area (Å²) in [6, 6.07) is 14.9. The van der Waals surface area contributed by atoms with Gasteiger partial charge in [0.05, 0.1) is 5.69 Å². The van der Waals surface area contributed by atoms with Crippen molar-refractivity contribution in [1.29, 1.82) is 0 Å². The molecule has 136 valence electrons. The monoisotopic (exact) mass is 355 g/mol. The normalized spacial score (nSPS) is 15.5. The highest BCUT2D eigenvalue weighted by atomic mass is 19.1. The first-order valence-corrected chi connectivity index (χ1v) is 8.70. The van der Waals surface area contributed by atoms with Gasteiger partial charge in [-0.25, -0.2) is 4.39 Å². The van der Waals surface area contributed by atoms with Crippen LogP contribution in [0.1, 0.15) is 17.3 Å². The zero-order valence-electron chi connectivity index (χ0n) is 14.7. The quantitative estimate of drug-likeness (QED) is 0.916. The van der Waals surface area contributed by atoms with Crippen molar-refractivity contribution in [3.63, 3.8) is 0 Å². The molecule has 2 aromatic rings. The van der Waals surface area contributed by atoms with Crippen LogP contribution >= 0.6 is 0 Å². The van der Waals surface area contributed by atoms with Gasteiger partial charge in [0.1, 0.15) is 11.9 Å². The molecule has 1 aliphatic rings. The number of anilines is 1. The number of amides is 2. The van der Waals surface area contributed by atoms with Crippen molar-refractivity contribution in [3.05, 3.63) is 66.0 Å². The Balaban J connectivity index is 1.55. The van der Waals surface area contributed by atoms with E-state index in [1.54, 1.807) is 54.3 Å².